The topological polar surface area (TPSA) is 121 Å². The summed E-state index contributed by atoms with van der Waals surface area (Å²) >= 11 is 0.107. The Hall–Kier alpha value is -4.32. The Bertz CT molecular complexity index is 1630. The number of aromatic nitrogens is 2. The van der Waals surface area contributed by atoms with Crippen molar-refractivity contribution in [1.29, 1.82) is 0 Å². The summed E-state index contributed by atoms with van der Waals surface area (Å²) in [6.45, 7) is 1.65. The van der Waals surface area contributed by atoms with Gasteiger partial charge >= 0.3 is 5.69 Å². The highest BCUT2D eigenvalue weighted by Crippen LogP contribution is 2.43. The summed E-state index contributed by atoms with van der Waals surface area (Å²) < 4.78 is 41.1. The first-order chi connectivity index (χ1) is 20.4. The number of hydrogen-bond donors (Lipinski definition) is 1. The standard InChI is InChI=1S/C31H31N3O7S/c1-20-18-34(30(36)32-29(20)35)28-17-26(33-42-37)27(41-28)19-40-31(21-7-5-4-6-8-21,22-9-13-24(38-2)14-10-22)23-11-15-25(39-3)16-12-23/h4-16,18,26-28H,17,19H2,1-3H3,(H,32,35,36)/t26-,27?,28?/m1/s1. The zero-order valence-electron chi connectivity index (χ0n) is 23.4. The molecule has 218 valence electrons. The second-order valence-corrected chi connectivity index (χ2v) is 10.3. The van der Waals surface area contributed by atoms with Crippen LogP contribution in [0.4, 0.5) is 0 Å². The molecule has 1 fully saturated rings. The van der Waals surface area contributed by atoms with E-state index in [1.54, 1.807) is 21.1 Å². The van der Waals surface area contributed by atoms with Crippen LogP contribution in [0.3, 0.4) is 0 Å². The molecule has 0 saturated carbocycles. The minimum absolute atomic E-state index is 0.0370. The minimum atomic E-state index is -1.10. The van der Waals surface area contributed by atoms with Crippen LogP contribution >= 0.6 is 0 Å². The van der Waals surface area contributed by atoms with Crippen LogP contribution in [0.5, 0.6) is 11.5 Å². The van der Waals surface area contributed by atoms with Crippen molar-refractivity contribution >= 4 is 11.5 Å². The normalized spacial score (nSPS) is 18.4. The van der Waals surface area contributed by atoms with Crippen molar-refractivity contribution in [3.8, 4) is 11.5 Å². The molecule has 10 nitrogen and oxygen atoms in total. The van der Waals surface area contributed by atoms with Crippen LogP contribution in [-0.4, -0.2) is 46.7 Å². The highest BCUT2D eigenvalue weighted by molar-refractivity contribution is 7.54. The predicted molar refractivity (Wildman–Crippen MR) is 157 cm³/mol. The molecule has 3 atom stereocenters. The van der Waals surface area contributed by atoms with E-state index >= 15 is 0 Å². The molecule has 4 aromatic rings. The number of ether oxygens (including phenoxy) is 4. The van der Waals surface area contributed by atoms with Crippen LogP contribution in [0, 0.1) is 6.92 Å². The van der Waals surface area contributed by atoms with E-state index in [9.17, 15) is 13.8 Å². The van der Waals surface area contributed by atoms with Gasteiger partial charge in [-0.1, -0.05) is 54.6 Å². The molecule has 2 heterocycles. The molecule has 1 N–H and O–H groups in total. The molecular formula is C31H31N3O7S. The second kappa shape index (κ2) is 12.7. The maximum atomic E-state index is 12.6. The van der Waals surface area contributed by atoms with Gasteiger partial charge in [0.25, 0.3) is 5.56 Å². The minimum Gasteiger partial charge on any atom is -0.497 e. The summed E-state index contributed by atoms with van der Waals surface area (Å²) in [5.41, 5.74) is 0.766. The van der Waals surface area contributed by atoms with Crippen molar-refractivity contribution in [2.24, 2.45) is 4.36 Å². The Morgan fingerprint density at radius 2 is 1.50 bits per heavy atom. The first-order valence-corrected chi connectivity index (χ1v) is 14.0. The van der Waals surface area contributed by atoms with Gasteiger partial charge in [-0.2, -0.15) is 8.57 Å². The SMILES string of the molecule is COc1ccc(C(OCC2OC(n3cc(C)c(=O)[nH]c3=O)C[C@H]2N=S=O)(c2ccccc2)c2ccc(OC)cc2)cc1. The van der Waals surface area contributed by atoms with E-state index in [0.29, 0.717) is 17.1 Å². The molecule has 1 aliphatic rings. The van der Waals surface area contributed by atoms with Gasteiger partial charge in [-0.05, 0) is 47.9 Å². The number of nitrogens with one attached hydrogen (secondary N) is 1. The van der Waals surface area contributed by atoms with E-state index < -0.39 is 35.2 Å². The molecule has 42 heavy (non-hydrogen) atoms. The van der Waals surface area contributed by atoms with Gasteiger partial charge in [0.05, 0.1) is 26.9 Å². The first kappa shape index (κ1) is 29.2. The first-order valence-electron chi connectivity index (χ1n) is 13.3. The predicted octanol–water partition coefficient (Wildman–Crippen LogP) is 3.92. The fourth-order valence-electron chi connectivity index (χ4n) is 5.28. The third-order valence-electron chi connectivity index (χ3n) is 7.48. The van der Waals surface area contributed by atoms with E-state index in [-0.39, 0.29) is 24.5 Å². The number of nitrogens with zero attached hydrogens (tertiary/aromatic N) is 2. The number of methoxy groups -OCH3 is 2. The number of hydrogen-bond acceptors (Lipinski definition) is 8. The smallest absolute Gasteiger partial charge is 0.330 e. The van der Waals surface area contributed by atoms with Crippen molar-refractivity contribution < 1.29 is 23.2 Å². The van der Waals surface area contributed by atoms with Crippen LogP contribution in [0.25, 0.3) is 0 Å². The average molecular weight is 590 g/mol. The molecule has 11 heteroatoms. The van der Waals surface area contributed by atoms with Gasteiger partial charge in [0, 0.05) is 18.2 Å². The number of H-pyrrole nitrogens is 1. The Morgan fingerprint density at radius 3 is 2.05 bits per heavy atom. The van der Waals surface area contributed by atoms with Crippen molar-refractivity contribution in [2.45, 2.75) is 37.3 Å². The summed E-state index contributed by atoms with van der Waals surface area (Å²) in [4.78, 5) is 26.8. The van der Waals surface area contributed by atoms with Crippen molar-refractivity contribution in [3.63, 3.8) is 0 Å². The molecule has 3 aromatic carbocycles. The molecule has 0 spiro atoms. The zero-order chi connectivity index (χ0) is 29.7. The molecule has 2 unspecified atom stereocenters. The summed E-state index contributed by atoms with van der Waals surface area (Å²) in [5, 5.41) is 0. The highest BCUT2D eigenvalue weighted by atomic mass is 32.1. The summed E-state index contributed by atoms with van der Waals surface area (Å²) in [5.74, 6) is 1.40. The second-order valence-electron chi connectivity index (χ2n) is 9.91. The lowest BCUT2D eigenvalue weighted by atomic mass is 9.80. The fourth-order valence-corrected chi connectivity index (χ4v) is 5.62. The summed E-state index contributed by atoms with van der Waals surface area (Å²) in [6.07, 6.45) is 0.322. The van der Waals surface area contributed by atoms with Crippen molar-refractivity contribution in [2.75, 3.05) is 20.8 Å². The molecule has 0 bridgehead atoms. The molecular weight excluding hydrogens is 558 g/mol. The largest absolute Gasteiger partial charge is 0.497 e. The Balaban J connectivity index is 1.58. The zero-order valence-corrected chi connectivity index (χ0v) is 24.2. The third kappa shape index (κ3) is 5.71. The van der Waals surface area contributed by atoms with Crippen LogP contribution in [-0.2, 0) is 26.5 Å². The Morgan fingerprint density at radius 1 is 0.929 bits per heavy atom. The lowest BCUT2D eigenvalue weighted by Crippen LogP contribution is -2.38. The molecule has 0 radical (unpaired) electrons. The van der Waals surface area contributed by atoms with Gasteiger partial charge in [0.1, 0.15) is 29.4 Å². The van der Waals surface area contributed by atoms with Gasteiger partial charge in [-0.25, -0.2) is 4.79 Å². The highest BCUT2D eigenvalue weighted by Gasteiger charge is 2.42. The van der Waals surface area contributed by atoms with Gasteiger partial charge in [0.15, 0.2) is 11.5 Å². The monoisotopic (exact) mass is 589 g/mol. The molecule has 0 aliphatic carbocycles. The number of aromatic amines is 1. The van der Waals surface area contributed by atoms with Crippen LogP contribution in [0.15, 0.2) is 99.0 Å². The lowest BCUT2D eigenvalue weighted by molar-refractivity contribution is -0.0795. The van der Waals surface area contributed by atoms with Crippen LogP contribution in [0.1, 0.15) is 34.9 Å². The van der Waals surface area contributed by atoms with E-state index in [0.717, 1.165) is 16.7 Å². The number of aryl methyl sites for hydroxylation is 1. The molecule has 5 rings (SSSR count). The summed E-state index contributed by atoms with van der Waals surface area (Å²) in [6, 6.07) is 24.5. The van der Waals surface area contributed by atoms with E-state index in [1.807, 2.05) is 78.9 Å². The maximum Gasteiger partial charge on any atom is 0.330 e. The Labute approximate surface area is 246 Å². The maximum absolute atomic E-state index is 12.6. The summed E-state index contributed by atoms with van der Waals surface area (Å²) in [7, 11) is 3.22. The molecule has 1 aliphatic heterocycles. The lowest BCUT2D eigenvalue weighted by Gasteiger charge is -2.37. The fraction of sp³-hybridized carbons (Fsp3) is 0.290. The molecule has 0 amide bonds. The van der Waals surface area contributed by atoms with Crippen molar-refractivity contribution in [3.05, 3.63) is 128 Å². The van der Waals surface area contributed by atoms with E-state index in [4.69, 9.17) is 18.9 Å². The van der Waals surface area contributed by atoms with Crippen molar-refractivity contribution in [1.82, 2.24) is 9.55 Å². The number of benzene rings is 3. The van der Waals surface area contributed by atoms with Gasteiger partial charge in [-0.3, -0.25) is 14.3 Å². The molecule has 1 aromatic heterocycles. The third-order valence-corrected chi connectivity index (χ3v) is 7.83. The average Bonchev–Trinajstić information content (AvgIpc) is 3.42. The Kier molecular flexibility index (Phi) is 8.81. The van der Waals surface area contributed by atoms with E-state index in [2.05, 4.69) is 9.35 Å². The van der Waals surface area contributed by atoms with Gasteiger partial charge in [0.2, 0.25) is 0 Å². The number of rotatable bonds is 10. The molecule has 1 saturated heterocycles. The van der Waals surface area contributed by atoms with Crippen LogP contribution < -0.4 is 20.7 Å². The van der Waals surface area contributed by atoms with E-state index in [1.165, 1.54) is 10.8 Å². The quantitative estimate of drug-likeness (QED) is 0.278. The van der Waals surface area contributed by atoms with Gasteiger partial charge < -0.3 is 18.9 Å². The van der Waals surface area contributed by atoms with Crippen LogP contribution in [0.2, 0.25) is 0 Å². The van der Waals surface area contributed by atoms with Gasteiger partial charge in [-0.15, -0.1) is 0 Å².